The fourth-order valence-electron chi connectivity index (χ4n) is 7.06. The van der Waals surface area contributed by atoms with Crippen molar-refractivity contribution in [2.75, 3.05) is 0 Å². The van der Waals surface area contributed by atoms with Gasteiger partial charge in [-0.2, -0.15) is 0 Å². The molecular weight excluding hydrogens is 659 g/mol. The van der Waals surface area contributed by atoms with Crippen molar-refractivity contribution in [2.45, 2.75) is 154 Å². The van der Waals surface area contributed by atoms with E-state index in [1.54, 1.807) is 0 Å². The Morgan fingerprint density at radius 2 is 0.878 bits per heavy atom. The van der Waals surface area contributed by atoms with E-state index in [-0.39, 0.29) is 14.9 Å². The van der Waals surface area contributed by atoms with Gasteiger partial charge in [-0.3, -0.25) is 0 Å². The van der Waals surface area contributed by atoms with Crippen molar-refractivity contribution in [3.63, 3.8) is 0 Å². The second-order valence-corrected chi connectivity index (χ2v) is 29.4. The second kappa shape index (κ2) is 17.7. The molecule has 0 saturated heterocycles. The number of hydrogen-bond donors (Lipinski definition) is 0. The molecule has 4 fully saturated rings. The Morgan fingerprint density at radius 1 is 0.610 bits per heavy atom. The van der Waals surface area contributed by atoms with Gasteiger partial charge in [-0.05, 0) is 60.9 Å². The van der Waals surface area contributed by atoms with Crippen molar-refractivity contribution in [3.8, 4) is 0 Å². The molecular formula is C34H68Cl2O2Si2Zr-4. The first-order chi connectivity index (χ1) is 17.9. The van der Waals surface area contributed by atoms with Gasteiger partial charge >= 0.3 is 37.9 Å². The molecule has 4 saturated carbocycles. The fraction of sp³-hybridized carbons (Fsp3) is 0.882. The molecule has 7 heteroatoms. The summed E-state index contributed by atoms with van der Waals surface area (Å²) in [6, 6.07) is 0. The summed E-state index contributed by atoms with van der Waals surface area (Å²) in [4.78, 5) is 0. The zero-order chi connectivity index (χ0) is 29.8. The molecule has 0 heterocycles. The summed E-state index contributed by atoms with van der Waals surface area (Å²) in [6.45, 7) is 32.4. The van der Waals surface area contributed by atoms with Crippen molar-refractivity contribution in [2.24, 2.45) is 35.5 Å². The van der Waals surface area contributed by atoms with Crippen LogP contribution < -0.4 is 0 Å². The van der Waals surface area contributed by atoms with Crippen LogP contribution in [0.3, 0.4) is 0 Å². The van der Waals surface area contributed by atoms with E-state index in [0.29, 0.717) is 34.1 Å². The molecule has 8 atom stereocenters. The van der Waals surface area contributed by atoms with Crippen LogP contribution in [0.15, 0.2) is 0 Å². The standard InChI is InChI=1S/2C16H31OSi.2CH3.2ClH.Zr/c2*1-12-14-10-8-7-9-13(14)11-15(12)17-18(5,6)16(2,3)4;;;;;/h2*12-15H,1,7-11H2,2-6H3;2*1H3;2*1H;/q4*-1;;;+2/p-2. The number of hydrogen-bond acceptors (Lipinski definition) is 2. The molecule has 0 amide bonds. The molecule has 0 spiro atoms. The van der Waals surface area contributed by atoms with E-state index in [1.165, 1.54) is 64.2 Å². The predicted molar refractivity (Wildman–Crippen MR) is 186 cm³/mol. The Bertz CT molecular complexity index is 677. The van der Waals surface area contributed by atoms with Crippen LogP contribution >= 0.6 is 17.0 Å². The Balaban J connectivity index is 0.000000682. The summed E-state index contributed by atoms with van der Waals surface area (Å²) in [6.07, 6.45) is 14.8. The molecule has 4 aliphatic carbocycles. The fourth-order valence-corrected chi connectivity index (χ4v) is 9.83. The van der Waals surface area contributed by atoms with E-state index < -0.39 is 37.5 Å². The van der Waals surface area contributed by atoms with Crippen molar-refractivity contribution in [1.29, 1.82) is 0 Å². The van der Waals surface area contributed by atoms with E-state index in [9.17, 15) is 0 Å². The van der Waals surface area contributed by atoms with Crippen LogP contribution in [0.4, 0.5) is 0 Å². The third kappa shape index (κ3) is 11.5. The van der Waals surface area contributed by atoms with Crippen LogP contribution in [-0.2, 0) is 29.7 Å². The van der Waals surface area contributed by atoms with Crippen molar-refractivity contribution < 1.29 is 29.7 Å². The van der Waals surface area contributed by atoms with Gasteiger partial charge in [-0.1, -0.05) is 105 Å². The van der Waals surface area contributed by atoms with E-state index in [4.69, 9.17) is 25.9 Å². The summed E-state index contributed by atoms with van der Waals surface area (Å²) >= 11 is -0.826. The summed E-state index contributed by atoms with van der Waals surface area (Å²) in [5.74, 6) is 4.63. The molecule has 4 aliphatic rings. The van der Waals surface area contributed by atoms with Crippen molar-refractivity contribution in [3.05, 3.63) is 28.7 Å². The van der Waals surface area contributed by atoms with E-state index in [2.05, 4.69) is 81.6 Å². The van der Waals surface area contributed by atoms with Crippen LogP contribution in [0.2, 0.25) is 36.3 Å². The van der Waals surface area contributed by atoms with Gasteiger partial charge in [-0.15, -0.1) is 11.8 Å². The molecule has 0 bridgehead atoms. The topological polar surface area (TPSA) is 18.5 Å². The number of halogens is 2. The van der Waals surface area contributed by atoms with Crippen LogP contribution in [0.1, 0.15) is 106 Å². The summed E-state index contributed by atoms with van der Waals surface area (Å²) in [5, 5.41) is 0.640. The summed E-state index contributed by atoms with van der Waals surface area (Å²) in [5.41, 5.74) is 0. The zero-order valence-corrected chi connectivity index (χ0v) is 35.1. The molecule has 41 heavy (non-hydrogen) atoms. The number of rotatable bonds is 4. The molecule has 0 aromatic heterocycles. The Morgan fingerprint density at radius 3 is 1.12 bits per heavy atom. The molecule has 0 N–H and O–H groups in total. The zero-order valence-electron chi connectivity index (χ0n) is 29.2. The SMILES string of the molecule is [CH2-]C1C(O[Si](C)(C)C(C)(C)C)CC2CCCCC21.[CH2-]C1C(O[Si](C)(C)C(C)(C)C)CC2CCCCC21.[CH3-].[CH3-].[Cl][Zr][Cl]. The predicted octanol–water partition coefficient (Wildman–Crippen LogP) is 12.4. The third-order valence-electron chi connectivity index (χ3n) is 11.6. The number of fused-ring (bicyclic) bond motifs is 2. The minimum atomic E-state index is -1.62. The van der Waals surface area contributed by atoms with Gasteiger partial charge < -0.3 is 37.6 Å². The second-order valence-electron chi connectivity index (χ2n) is 16.1. The molecule has 2 nitrogen and oxygen atoms in total. The molecule has 4 rings (SSSR count). The van der Waals surface area contributed by atoms with Gasteiger partial charge in [0, 0.05) is 12.2 Å². The van der Waals surface area contributed by atoms with E-state index in [1.807, 2.05) is 0 Å². The Hall–Kier alpha value is 1.82. The maximum atomic E-state index is 6.64. The molecule has 246 valence electrons. The Labute approximate surface area is 279 Å². The third-order valence-corrected chi connectivity index (χ3v) is 20.6. The van der Waals surface area contributed by atoms with Gasteiger partial charge in [0.1, 0.15) is 0 Å². The minimum absolute atomic E-state index is 0. The normalized spacial score (nSPS) is 33.4. The first kappa shape index (κ1) is 42.8. The monoisotopic (exact) mass is 724 g/mol. The van der Waals surface area contributed by atoms with E-state index >= 15 is 0 Å². The molecule has 0 aliphatic heterocycles. The van der Waals surface area contributed by atoms with Gasteiger partial charge in [0.15, 0.2) is 16.6 Å². The first-order valence-corrected chi connectivity index (χ1v) is 28.0. The van der Waals surface area contributed by atoms with Crippen molar-refractivity contribution in [1.82, 2.24) is 0 Å². The first-order valence-electron chi connectivity index (χ1n) is 15.8. The van der Waals surface area contributed by atoms with Crippen LogP contribution in [0.25, 0.3) is 0 Å². The molecule has 0 aromatic carbocycles. The van der Waals surface area contributed by atoms with Gasteiger partial charge in [-0.25, -0.2) is 0 Å². The van der Waals surface area contributed by atoms with Gasteiger partial charge in [0.2, 0.25) is 0 Å². The maximum absolute atomic E-state index is 6.64. The van der Waals surface area contributed by atoms with E-state index in [0.717, 1.165) is 23.7 Å². The molecule has 8 unspecified atom stereocenters. The molecule has 0 aromatic rings. The molecule has 0 radical (unpaired) electrons. The van der Waals surface area contributed by atoms with Crippen LogP contribution in [0, 0.1) is 64.2 Å². The van der Waals surface area contributed by atoms with Crippen molar-refractivity contribution >= 4 is 33.7 Å². The van der Waals surface area contributed by atoms with Gasteiger partial charge in [0.25, 0.3) is 0 Å². The summed E-state index contributed by atoms with van der Waals surface area (Å²) in [7, 11) is 6.64. The Kier molecular flexibility index (Phi) is 18.4. The quantitative estimate of drug-likeness (QED) is 0.212. The summed E-state index contributed by atoms with van der Waals surface area (Å²) < 4.78 is 13.3. The average Bonchev–Trinajstić information content (AvgIpc) is 3.29. The van der Waals surface area contributed by atoms with Crippen LogP contribution in [0.5, 0.6) is 0 Å². The van der Waals surface area contributed by atoms with Crippen LogP contribution in [-0.4, -0.2) is 28.8 Å². The average molecular weight is 727 g/mol. The van der Waals surface area contributed by atoms with Gasteiger partial charge in [0.05, 0.1) is 0 Å².